The van der Waals surface area contributed by atoms with Gasteiger partial charge in [0.05, 0.1) is 8.07 Å². The largest absolute Gasteiger partial charge is 0.480 e. The minimum atomic E-state index is -1.74. The molecule has 2 N–H and O–H groups in total. The van der Waals surface area contributed by atoms with Crippen molar-refractivity contribution in [2.75, 3.05) is 0 Å². The molecular formula is C17H27NO4Si. The van der Waals surface area contributed by atoms with Crippen LogP contribution in [0.3, 0.4) is 0 Å². The number of carbonyl (C=O) groups excluding carboxylic acids is 1. The third kappa shape index (κ3) is 6.86. The lowest BCUT2D eigenvalue weighted by molar-refractivity contribution is -0.139. The Balaban J connectivity index is 2.67. The van der Waals surface area contributed by atoms with Gasteiger partial charge >= 0.3 is 12.1 Å². The van der Waals surface area contributed by atoms with Gasteiger partial charge in [0.25, 0.3) is 0 Å². The Kier molecular flexibility index (Phi) is 6.38. The van der Waals surface area contributed by atoms with Gasteiger partial charge in [0, 0.05) is 0 Å². The third-order valence-electron chi connectivity index (χ3n) is 3.60. The van der Waals surface area contributed by atoms with Crippen LogP contribution in [0.5, 0.6) is 0 Å². The molecule has 128 valence electrons. The lowest BCUT2D eigenvalue weighted by Crippen LogP contribution is -2.47. The van der Waals surface area contributed by atoms with E-state index in [4.69, 9.17) is 4.74 Å². The molecule has 0 unspecified atom stereocenters. The molecule has 6 heteroatoms. The van der Waals surface area contributed by atoms with E-state index in [1.807, 2.05) is 18.2 Å². The van der Waals surface area contributed by atoms with Crippen LogP contribution >= 0.6 is 0 Å². The second-order valence-corrected chi connectivity index (χ2v) is 12.2. The molecule has 0 aliphatic carbocycles. The summed E-state index contributed by atoms with van der Waals surface area (Å²) >= 11 is 0. The van der Waals surface area contributed by atoms with Crippen LogP contribution in [-0.2, 0) is 9.53 Å². The Morgan fingerprint density at radius 2 is 1.78 bits per heavy atom. The number of carboxylic acid groups (broad SMARTS) is 1. The molecule has 0 fully saturated rings. The maximum absolute atomic E-state index is 11.8. The number of aliphatic carboxylic acids is 1. The molecule has 0 aliphatic rings. The molecule has 5 nitrogen and oxygen atoms in total. The first kappa shape index (κ1) is 19.2. The summed E-state index contributed by atoms with van der Waals surface area (Å²) in [4.78, 5) is 23.2. The van der Waals surface area contributed by atoms with E-state index in [1.165, 1.54) is 5.19 Å². The number of amides is 1. The van der Waals surface area contributed by atoms with Gasteiger partial charge in [-0.25, -0.2) is 9.59 Å². The first-order chi connectivity index (χ1) is 10.5. The first-order valence-corrected chi connectivity index (χ1v) is 11.0. The van der Waals surface area contributed by atoms with Gasteiger partial charge in [-0.1, -0.05) is 54.7 Å². The van der Waals surface area contributed by atoms with Crippen molar-refractivity contribution in [3.63, 3.8) is 0 Å². The van der Waals surface area contributed by atoms with E-state index in [0.717, 1.165) is 6.04 Å². The molecule has 0 heterocycles. The molecule has 23 heavy (non-hydrogen) atoms. The number of ether oxygens (including phenoxy) is 1. The van der Waals surface area contributed by atoms with Crippen molar-refractivity contribution in [3.05, 3.63) is 30.3 Å². The second-order valence-electron chi connectivity index (χ2n) is 7.33. The van der Waals surface area contributed by atoms with Crippen LogP contribution < -0.4 is 10.5 Å². The fraction of sp³-hybridized carbons (Fsp3) is 0.529. The molecule has 1 rings (SSSR count). The highest BCUT2D eigenvalue weighted by molar-refractivity contribution is 6.89. The highest BCUT2D eigenvalue weighted by Gasteiger charge is 2.29. The van der Waals surface area contributed by atoms with E-state index >= 15 is 0 Å². The predicted octanol–water partition coefficient (Wildman–Crippen LogP) is 2.97. The molecule has 0 saturated heterocycles. The monoisotopic (exact) mass is 337 g/mol. The molecular weight excluding hydrogens is 310 g/mol. The number of carboxylic acids is 1. The maximum atomic E-state index is 11.8. The Labute approximate surface area is 139 Å². The molecule has 0 saturated carbocycles. The quantitative estimate of drug-likeness (QED) is 0.783. The first-order valence-electron chi connectivity index (χ1n) is 7.79. The van der Waals surface area contributed by atoms with Gasteiger partial charge < -0.3 is 15.2 Å². The minimum Gasteiger partial charge on any atom is -0.480 e. The average molecular weight is 337 g/mol. The molecule has 1 aromatic rings. The van der Waals surface area contributed by atoms with Crippen molar-refractivity contribution < 1.29 is 19.4 Å². The number of hydrogen-bond donors (Lipinski definition) is 2. The molecule has 0 radical (unpaired) electrons. The number of rotatable bonds is 6. The van der Waals surface area contributed by atoms with Crippen LogP contribution in [0.15, 0.2) is 30.3 Å². The number of nitrogens with one attached hydrogen (secondary N) is 1. The smallest absolute Gasteiger partial charge is 0.408 e. The van der Waals surface area contributed by atoms with Gasteiger partial charge in [0.2, 0.25) is 0 Å². The van der Waals surface area contributed by atoms with Crippen LogP contribution in [0.4, 0.5) is 4.79 Å². The summed E-state index contributed by atoms with van der Waals surface area (Å²) in [6.45, 7) is 9.64. The number of benzene rings is 1. The lowest BCUT2D eigenvalue weighted by atomic mass is 10.2. The van der Waals surface area contributed by atoms with E-state index in [9.17, 15) is 14.7 Å². The van der Waals surface area contributed by atoms with E-state index in [1.54, 1.807) is 20.8 Å². The Morgan fingerprint density at radius 1 is 1.22 bits per heavy atom. The average Bonchev–Trinajstić information content (AvgIpc) is 2.42. The van der Waals surface area contributed by atoms with E-state index in [0.29, 0.717) is 6.42 Å². The van der Waals surface area contributed by atoms with Gasteiger partial charge in [-0.3, -0.25) is 0 Å². The fourth-order valence-electron chi connectivity index (χ4n) is 2.25. The van der Waals surface area contributed by atoms with Crippen LogP contribution in [0.25, 0.3) is 0 Å². The Bertz CT molecular complexity index is 537. The Hall–Kier alpha value is -1.82. The van der Waals surface area contributed by atoms with Gasteiger partial charge in [0.1, 0.15) is 11.6 Å². The maximum Gasteiger partial charge on any atom is 0.408 e. The number of hydrogen-bond acceptors (Lipinski definition) is 3. The van der Waals surface area contributed by atoms with Gasteiger partial charge in [-0.2, -0.15) is 0 Å². The van der Waals surface area contributed by atoms with Gasteiger partial charge in [-0.15, -0.1) is 0 Å². The Morgan fingerprint density at radius 3 is 2.26 bits per heavy atom. The molecule has 0 bridgehead atoms. The molecule has 0 aliphatic heterocycles. The highest BCUT2D eigenvalue weighted by Crippen LogP contribution is 2.15. The topological polar surface area (TPSA) is 75.6 Å². The summed E-state index contributed by atoms with van der Waals surface area (Å²) in [5, 5.41) is 13.1. The normalized spacial score (nSPS) is 13.3. The number of alkyl carbamates (subject to hydrolysis) is 1. The molecule has 1 aromatic carbocycles. The number of carbonyl (C=O) groups is 2. The van der Waals surface area contributed by atoms with Crippen LogP contribution in [0.2, 0.25) is 19.1 Å². The minimum absolute atomic E-state index is 0.392. The van der Waals surface area contributed by atoms with Crippen molar-refractivity contribution in [1.82, 2.24) is 5.32 Å². The zero-order valence-electron chi connectivity index (χ0n) is 14.6. The predicted molar refractivity (Wildman–Crippen MR) is 93.8 cm³/mol. The van der Waals surface area contributed by atoms with Gasteiger partial charge in [0.15, 0.2) is 0 Å². The van der Waals surface area contributed by atoms with Gasteiger partial charge in [-0.05, 0) is 27.2 Å². The molecule has 1 atom stereocenters. The van der Waals surface area contributed by atoms with Crippen molar-refractivity contribution in [2.45, 2.75) is 58.0 Å². The SMILES string of the molecule is CC(C)(C)OC(=O)N[C@H](CC[Si](C)(C)c1ccccc1)C(=O)O. The van der Waals surface area contributed by atoms with E-state index < -0.39 is 31.8 Å². The molecule has 1 amide bonds. The standard InChI is InChI=1S/C17H27NO4Si/c1-17(2,3)22-16(21)18-14(15(19)20)11-12-23(4,5)13-9-7-6-8-10-13/h6-10,14H,11-12H2,1-5H3,(H,18,21)(H,19,20)/t14-/m1/s1. The second kappa shape index (κ2) is 7.63. The van der Waals surface area contributed by atoms with Crippen LogP contribution in [-0.4, -0.2) is 36.9 Å². The third-order valence-corrected chi connectivity index (χ3v) is 7.04. The highest BCUT2D eigenvalue weighted by atomic mass is 28.3. The summed E-state index contributed by atoms with van der Waals surface area (Å²) in [6, 6.07) is 9.98. The van der Waals surface area contributed by atoms with E-state index in [2.05, 4.69) is 30.5 Å². The zero-order chi connectivity index (χ0) is 17.7. The van der Waals surface area contributed by atoms with E-state index in [-0.39, 0.29) is 0 Å². The molecule has 0 aromatic heterocycles. The summed E-state index contributed by atoms with van der Waals surface area (Å²) in [6.07, 6.45) is -0.299. The fourth-order valence-corrected chi connectivity index (χ4v) is 4.64. The van der Waals surface area contributed by atoms with Crippen LogP contribution in [0, 0.1) is 0 Å². The summed E-state index contributed by atoms with van der Waals surface area (Å²) in [7, 11) is -1.74. The van der Waals surface area contributed by atoms with Crippen molar-refractivity contribution in [1.29, 1.82) is 0 Å². The summed E-state index contributed by atoms with van der Waals surface area (Å²) in [5.41, 5.74) is -0.648. The zero-order valence-corrected chi connectivity index (χ0v) is 15.6. The van der Waals surface area contributed by atoms with Crippen molar-refractivity contribution in [3.8, 4) is 0 Å². The van der Waals surface area contributed by atoms with Crippen LogP contribution in [0.1, 0.15) is 27.2 Å². The molecule has 0 spiro atoms. The lowest BCUT2D eigenvalue weighted by Gasteiger charge is -2.26. The summed E-state index contributed by atoms with van der Waals surface area (Å²) in [5.74, 6) is -1.03. The van der Waals surface area contributed by atoms with Crippen molar-refractivity contribution in [2.24, 2.45) is 0 Å². The summed E-state index contributed by atoms with van der Waals surface area (Å²) < 4.78 is 5.13. The van der Waals surface area contributed by atoms with Crippen molar-refractivity contribution >= 4 is 25.3 Å².